The van der Waals surface area contributed by atoms with E-state index in [1.807, 2.05) is 11.4 Å². The maximum absolute atomic E-state index is 11.2. The van der Waals surface area contributed by atoms with Crippen molar-refractivity contribution in [3.63, 3.8) is 0 Å². The average molecular weight is 294 g/mol. The number of fused-ring (bicyclic) bond motifs is 1. The molecule has 106 valence electrons. The van der Waals surface area contributed by atoms with Crippen LogP contribution < -0.4 is 21.7 Å². The van der Waals surface area contributed by atoms with E-state index in [0.29, 0.717) is 11.8 Å². The molecule has 0 aliphatic heterocycles. The molecule has 2 rings (SSSR count). The van der Waals surface area contributed by atoms with Crippen LogP contribution >= 0.6 is 11.3 Å². The van der Waals surface area contributed by atoms with Gasteiger partial charge in [0.2, 0.25) is 17.8 Å². The second-order valence-electron chi connectivity index (χ2n) is 4.05. The standard InChI is InChI=1S/C11H14N6O2S/c1-14-11-15-9(6-2-3-20-10(6)16-11)17(4-7(12)18)5-8(13)19/h2-3H,4-5H2,1H3,(H2,12,18)(H2,13,19)(H,14,15,16). The van der Waals surface area contributed by atoms with Crippen molar-refractivity contribution in [2.24, 2.45) is 11.5 Å². The first-order valence-corrected chi connectivity index (χ1v) is 6.63. The summed E-state index contributed by atoms with van der Waals surface area (Å²) >= 11 is 1.44. The van der Waals surface area contributed by atoms with E-state index in [1.165, 1.54) is 16.2 Å². The first-order chi connectivity index (χ1) is 9.51. The van der Waals surface area contributed by atoms with Gasteiger partial charge >= 0.3 is 0 Å². The smallest absolute Gasteiger partial charge is 0.237 e. The van der Waals surface area contributed by atoms with Crippen molar-refractivity contribution < 1.29 is 9.59 Å². The summed E-state index contributed by atoms with van der Waals surface area (Å²) in [5, 5.41) is 5.44. The zero-order valence-corrected chi connectivity index (χ0v) is 11.6. The fourth-order valence-corrected chi connectivity index (χ4v) is 2.53. The Morgan fingerprint density at radius 3 is 2.50 bits per heavy atom. The Bertz CT molecular complexity index is 639. The minimum absolute atomic E-state index is 0.145. The van der Waals surface area contributed by atoms with Crippen molar-refractivity contribution in [1.82, 2.24) is 9.97 Å². The summed E-state index contributed by atoms with van der Waals surface area (Å²) in [5.41, 5.74) is 10.4. The first-order valence-electron chi connectivity index (χ1n) is 5.76. The third-order valence-electron chi connectivity index (χ3n) is 2.52. The number of carbonyl (C=O) groups is 2. The molecular formula is C11H14N6O2S. The summed E-state index contributed by atoms with van der Waals surface area (Å²) in [4.78, 5) is 33.1. The van der Waals surface area contributed by atoms with E-state index in [4.69, 9.17) is 11.5 Å². The lowest BCUT2D eigenvalue weighted by atomic mass is 10.3. The Labute approximate surface area is 118 Å². The molecule has 0 saturated carbocycles. The van der Waals surface area contributed by atoms with Crippen molar-refractivity contribution in [3.8, 4) is 0 Å². The zero-order valence-electron chi connectivity index (χ0n) is 10.8. The molecule has 0 atom stereocenters. The molecule has 0 bridgehead atoms. The number of nitrogens with two attached hydrogens (primary N) is 2. The molecule has 0 unspecified atom stereocenters. The molecule has 0 aliphatic carbocycles. The zero-order chi connectivity index (χ0) is 14.7. The SMILES string of the molecule is CNc1nc(N(CC(N)=O)CC(N)=O)c2ccsc2n1. The molecule has 9 heteroatoms. The number of amides is 2. The summed E-state index contributed by atoms with van der Waals surface area (Å²) in [7, 11) is 1.69. The number of primary amides is 2. The summed E-state index contributed by atoms with van der Waals surface area (Å²) in [6.45, 7) is -0.290. The predicted octanol–water partition coefficient (Wildman–Crippen LogP) is -0.490. The summed E-state index contributed by atoms with van der Waals surface area (Å²) in [5.74, 6) is -0.286. The van der Waals surface area contributed by atoms with Gasteiger partial charge in [-0.15, -0.1) is 11.3 Å². The van der Waals surface area contributed by atoms with Crippen molar-refractivity contribution >= 4 is 45.1 Å². The van der Waals surface area contributed by atoms with Crippen LogP contribution in [-0.2, 0) is 9.59 Å². The maximum Gasteiger partial charge on any atom is 0.237 e. The molecule has 5 N–H and O–H groups in total. The van der Waals surface area contributed by atoms with Crippen molar-refractivity contribution in [2.75, 3.05) is 30.4 Å². The van der Waals surface area contributed by atoms with Gasteiger partial charge in [-0.3, -0.25) is 9.59 Å². The van der Waals surface area contributed by atoms with E-state index >= 15 is 0 Å². The number of rotatable bonds is 6. The number of hydrogen-bond acceptors (Lipinski definition) is 7. The molecule has 0 aliphatic rings. The van der Waals surface area contributed by atoms with Crippen molar-refractivity contribution in [3.05, 3.63) is 11.4 Å². The maximum atomic E-state index is 11.2. The van der Waals surface area contributed by atoms with Gasteiger partial charge in [0.1, 0.15) is 10.6 Å². The first kappa shape index (κ1) is 14.0. The van der Waals surface area contributed by atoms with Gasteiger partial charge in [0.15, 0.2) is 0 Å². The average Bonchev–Trinajstić information content (AvgIpc) is 2.83. The lowest BCUT2D eigenvalue weighted by Crippen LogP contribution is -2.40. The van der Waals surface area contributed by atoms with Gasteiger partial charge in [-0.25, -0.2) is 4.98 Å². The third-order valence-corrected chi connectivity index (χ3v) is 3.33. The van der Waals surface area contributed by atoms with E-state index in [0.717, 1.165) is 10.2 Å². The molecule has 0 radical (unpaired) electrons. The third kappa shape index (κ3) is 2.94. The molecule has 2 heterocycles. The van der Waals surface area contributed by atoms with Crippen molar-refractivity contribution in [2.45, 2.75) is 0 Å². The van der Waals surface area contributed by atoms with E-state index in [1.54, 1.807) is 7.05 Å². The number of anilines is 2. The van der Waals surface area contributed by atoms with Gasteiger partial charge in [0, 0.05) is 7.05 Å². The van der Waals surface area contributed by atoms with E-state index in [-0.39, 0.29) is 13.1 Å². The van der Waals surface area contributed by atoms with Crippen LogP contribution in [0.4, 0.5) is 11.8 Å². The second kappa shape index (κ2) is 5.70. The summed E-state index contributed by atoms with van der Waals surface area (Å²) in [6.07, 6.45) is 0. The van der Waals surface area contributed by atoms with E-state index in [2.05, 4.69) is 15.3 Å². The van der Waals surface area contributed by atoms with Gasteiger partial charge in [-0.1, -0.05) is 0 Å². The molecule has 0 fully saturated rings. The quantitative estimate of drug-likeness (QED) is 0.659. The number of thiophene rings is 1. The van der Waals surface area contributed by atoms with Crippen LogP contribution in [0.25, 0.3) is 10.2 Å². The van der Waals surface area contributed by atoms with Gasteiger partial charge in [0.05, 0.1) is 18.5 Å². The number of nitrogens with one attached hydrogen (secondary N) is 1. The molecule has 20 heavy (non-hydrogen) atoms. The highest BCUT2D eigenvalue weighted by atomic mass is 32.1. The molecule has 8 nitrogen and oxygen atoms in total. The fraction of sp³-hybridized carbons (Fsp3) is 0.273. The highest BCUT2D eigenvalue weighted by molar-refractivity contribution is 7.16. The highest BCUT2D eigenvalue weighted by Gasteiger charge is 2.18. The van der Waals surface area contributed by atoms with E-state index < -0.39 is 11.8 Å². The van der Waals surface area contributed by atoms with Gasteiger partial charge < -0.3 is 21.7 Å². The van der Waals surface area contributed by atoms with Gasteiger partial charge in [-0.2, -0.15) is 4.98 Å². The van der Waals surface area contributed by atoms with Crippen molar-refractivity contribution in [1.29, 1.82) is 0 Å². The predicted molar refractivity (Wildman–Crippen MR) is 77.6 cm³/mol. The Hall–Kier alpha value is -2.42. The molecule has 0 spiro atoms. The van der Waals surface area contributed by atoms with Crippen LogP contribution in [0.3, 0.4) is 0 Å². The topological polar surface area (TPSA) is 127 Å². The normalized spacial score (nSPS) is 10.4. The molecule has 0 saturated heterocycles. The highest BCUT2D eigenvalue weighted by Crippen LogP contribution is 2.28. The van der Waals surface area contributed by atoms with Gasteiger partial charge in [-0.05, 0) is 11.4 Å². The van der Waals surface area contributed by atoms with Crippen LogP contribution in [0.15, 0.2) is 11.4 Å². The number of carbonyl (C=O) groups excluding carboxylic acids is 2. The molecular weight excluding hydrogens is 280 g/mol. The van der Waals surface area contributed by atoms with Crippen LogP contribution in [-0.4, -0.2) is 41.9 Å². The lowest BCUT2D eigenvalue weighted by Gasteiger charge is -2.21. The van der Waals surface area contributed by atoms with Crippen LogP contribution in [0, 0.1) is 0 Å². The Morgan fingerprint density at radius 1 is 1.30 bits per heavy atom. The minimum atomic E-state index is -0.570. The summed E-state index contributed by atoms with van der Waals surface area (Å²) in [6, 6.07) is 1.82. The number of nitrogens with zero attached hydrogens (tertiary/aromatic N) is 3. The Morgan fingerprint density at radius 2 is 1.95 bits per heavy atom. The van der Waals surface area contributed by atoms with Crippen LogP contribution in [0.2, 0.25) is 0 Å². The van der Waals surface area contributed by atoms with Crippen LogP contribution in [0.5, 0.6) is 0 Å². The Kier molecular flexibility index (Phi) is 3.99. The minimum Gasteiger partial charge on any atom is -0.368 e. The molecule has 2 amide bonds. The van der Waals surface area contributed by atoms with Gasteiger partial charge in [0.25, 0.3) is 0 Å². The Balaban J connectivity index is 2.52. The monoisotopic (exact) mass is 294 g/mol. The lowest BCUT2D eigenvalue weighted by molar-refractivity contribution is -0.117. The molecule has 2 aromatic rings. The molecule has 2 aromatic heterocycles. The van der Waals surface area contributed by atoms with Crippen LogP contribution in [0.1, 0.15) is 0 Å². The number of hydrogen-bond donors (Lipinski definition) is 3. The second-order valence-corrected chi connectivity index (χ2v) is 4.94. The fourth-order valence-electron chi connectivity index (χ4n) is 1.77. The molecule has 0 aromatic carbocycles. The van der Waals surface area contributed by atoms with E-state index in [9.17, 15) is 9.59 Å². The number of aromatic nitrogens is 2. The summed E-state index contributed by atoms with van der Waals surface area (Å²) < 4.78 is 0. The largest absolute Gasteiger partial charge is 0.368 e.